The van der Waals surface area contributed by atoms with Gasteiger partial charge in [-0.05, 0) is 43.3 Å². The van der Waals surface area contributed by atoms with E-state index in [1.807, 2.05) is 25.1 Å². The largest absolute Gasteiger partial charge is 0.493 e. The van der Waals surface area contributed by atoms with E-state index in [2.05, 4.69) is 4.98 Å². The minimum Gasteiger partial charge on any atom is -0.493 e. The van der Waals surface area contributed by atoms with Gasteiger partial charge in [0.05, 0.1) is 17.6 Å². The molecule has 3 aromatic rings. The van der Waals surface area contributed by atoms with Crippen LogP contribution in [-0.4, -0.2) is 17.4 Å². The fourth-order valence-electron chi connectivity index (χ4n) is 2.36. The molecule has 21 heavy (non-hydrogen) atoms. The van der Waals surface area contributed by atoms with E-state index in [1.54, 1.807) is 6.20 Å². The average Bonchev–Trinajstić information content (AvgIpc) is 2.93. The van der Waals surface area contributed by atoms with Crippen molar-refractivity contribution in [3.63, 3.8) is 0 Å². The Labute approximate surface area is 121 Å². The highest BCUT2D eigenvalue weighted by atomic mass is 19.1. The van der Waals surface area contributed by atoms with Crippen molar-refractivity contribution in [3.05, 3.63) is 65.6 Å². The SMILES string of the molecule is CCOc1cccc2[nH]cc(C(=O)c3ccc(F)cc3)c12. The molecule has 0 spiro atoms. The maximum Gasteiger partial charge on any atom is 0.195 e. The normalized spacial score (nSPS) is 10.8. The molecule has 1 heterocycles. The van der Waals surface area contributed by atoms with Crippen LogP contribution in [0.5, 0.6) is 5.75 Å². The van der Waals surface area contributed by atoms with E-state index in [1.165, 1.54) is 24.3 Å². The summed E-state index contributed by atoms with van der Waals surface area (Å²) in [7, 11) is 0. The Morgan fingerprint density at radius 1 is 1.19 bits per heavy atom. The zero-order valence-corrected chi connectivity index (χ0v) is 11.5. The van der Waals surface area contributed by atoms with Gasteiger partial charge in [-0.3, -0.25) is 4.79 Å². The Morgan fingerprint density at radius 3 is 2.67 bits per heavy atom. The summed E-state index contributed by atoms with van der Waals surface area (Å²) < 4.78 is 18.6. The number of H-pyrrole nitrogens is 1. The molecule has 0 bridgehead atoms. The first-order valence-electron chi connectivity index (χ1n) is 6.74. The van der Waals surface area contributed by atoms with Gasteiger partial charge < -0.3 is 9.72 Å². The van der Waals surface area contributed by atoms with E-state index in [0.29, 0.717) is 23.5 Å². The summed E-state index contributed by atoms with van der Waals surface area (Å²) >= 11 is 0. The van der Waals surface area contributed by atoms with Crippen LogP contribution in [0.15, 0.2) is 48.7 Å². The van der Waals surface area contributed by atoms with Gasteiger partial charge in [0.15, 0.2) is 5.78 Å². The van der Waals surface area contributed by atoms with E-state index < -0.39 is 0 Å². The van der Waals surface area contributed by atoms with E-state index in [-0.39, 0.29) is 11.6 Å². The number of benzene rings is 2. The molecule has 1 N–H and O–H groups in total. The molecule has 0 atom stereocenters. The van der Waals surface area contributed by atoms with Gasteiger partial charge in [-0.25, -0.2) is 4.39 Å². The maximum atomic E-state index is 13.0. The number of hydrogen-bond donors (Lipinski definition) is 1. The minimum absolute atomic E-state index is 0.159. The summed E-state index contributed by atoms with van der Waals surface area (Å²) in [4.78, 5) is 15.7. The van der Waals surface area contributed by atoms with Crippen molar-refractivity contribution in [1.29, 1.82) is 0 Å². The van der Waals surface area contributed by atoms with E-state index >= 15 is 0 Å². The van der Waals surface area contributed by atoms with Gasteiger partial charge in [-0.15, -0.1) is 0 Å². The number of carbonyl (C=O) groups is 1. The Morgan fingerprint density at radius 2 is 1.95 bits per heavy atom. The first-order valence-corrected chi connectivity index (χ1v) is 6.74. The lowest BCUT2D eigenvalue weighted by atomic mass is 10.0. The standard InChI is InChI=1S/C17H14FNO2/c1-2-21-15-5-3-4-14-16(15)13(10-19-14)17(20)11-6-8-12(18)9-7-11/h3-10,19H,2H2,1H3. The topological polar surface area (TPSA) is 42.1 Å². The maximum absolute atomic E-state index is 13.0. The van der Waals surface area contributed by atoms with Crippen LogP contribution in [0.4, 0.5) is 4.39 Å². The van der Waals surface area contributed by atoms with Gasteiger partial charge in [-0.2, -0.15) is 0 Å². The fourth-order valence-corrected chi connectivity index (χ4v) is 2.36. The van der Waals surface area contributed by atoms with Gasteiger partial charge in [0.1, 0.15) is 11.6 Å². The number of carbonyl (C=O) groups excluding carboxylic acids is 1. The number of fused-ring (bicyclic) bond motifs is 1. The first kappa shape index (κ1) is 13.4. The summed E-state index contributed by atoms with van der Waals surface area (Å²) in [5.74, 6) is 0.149. The lowest BCUT2D eigenvalue weighted by molar-refractivity contribution is 0.104. The molecule has 0 aliphatic heterocycles. The van der Waals surface area contributed by atoms with Crippen molar-refractivity contribution in [2.24, 2.45) is 0 Å². The third kappa shape index (κ3) is 2.40. The van der Waals surface area contributed by atoms with Crippen LogP contribution in [0.2, 0.25) is 0 Å². The van der Waals surface area contributed by atoms with Gasteiger partial charge in [-0.1, -0.05) is 6.07 Å². The fraction of sp³-hybridized carbons (Fsp3) is 0.118. The number of hydrogen-bond acceptors (Lipinski definition) is 2. The molecular weight excluding hydrogens is 269 g/mol. The predicted octanol–water partition coefficient (Wildman–Crippen LogP) is 3.94. The molecule has 0 aliphatic carbocycles. The van der Waals surface area contributed by atoms with E-state index in [4.69, 9.17) is 4.74 Å². The molecule has 0 amide bonds. The Bertz CT molecular complexity index is 790. The van der Waals surface area contributed by atoms with Crippen molar-refractivity contribution >= 4 is 16.7 Å². The van der Waals surface area contributed by atoms with Crippen LogP contribution in [-0.2, 0) is 0 Å². The average molecular weight is 283 g/mol. The molecule has 0 radical (unpaired) electrons. The molecule has 106 valence electrons. The molecule has 3 rings (SSSR count). The second-order valence-corrected chi connectivity index (χ2v) is 4.65. The summed E-state index contributed by atoms with van der Waals surface area (Å²) in [6, 6.07) is 11.1. The first-order chi connectivity index (χ1) is 10.2. The predicted molar refractivity (Wildman–Crippen MR) is 79.3 cm³/mol. The highest BCUT2D eigenvalue weighted by Crippen LogP contribution is 2.30. The number of rotatable bonds is 4. The van der Waals surface area contributed by atoms with Gasteiger partial charge in [0.2, 0.25) is 0 Å². The molecule has 0 unspecified atom stereocenters. The molecule has 1 aromatic heterocycles. The number of nitrogens with one attached hydrogen (secondary N) is 1. The summed E-state index contributed by atoms with van der Waals surface area (Å²) in [6.07, 6.45) is 1.67. The van der Waals surface area contributed by atoms with Crippen molar-refractivity contribution in [1.82, 2.24) is 4.98 Å². The molecule has 3 nitrogen and oxygen atoms in total. The van der Waals surface area contributed by atoms with E-state index in [0.717, 1.165) is 10.9 Å². The monoisotopic (exact) mass is 283 g/mol. The van der Waals surface area contributed by atoms with E-state index in [9.17, 15) is 9.18 Å². The number of halogens is 1. The van der Waals surface area contributed by atoms with Crippen LogP contribution in [0.25, 0.3) is 10.9 Å². The van der Waals surface area contributed by atoms with Gasteiger partial charge in [0.25, 0.3) is 0 Å². The third-order valence-electron chi connectivity index (χ3n) is 3.32. The zero-order chi connectivity index (χ0) is 14.8. The zero-order valence-electron chi connectivity index (χ0n) is 11.5. The minimum atomic E-state index is -0.361. The summed E-state index contributed by atoms with van der Waals surface area (Å²) in [5, 5.41) is 0.758. The van der Waals surface area contributed by atoms with Crippen molar-refractivity contribution < 1.29 is 13.9 Å². The van der Waals surface area contributed by atoms with Crippen LogP contribution >= 0.6 is 0 Å². The lowest BCUT2D eigenvalue weighted by Crippen LogP contribution is -2.01. The number of ketones is 1. The number of aromatic nitrogens is 1. The van der Waals surface area contributed by atoms with Crippen molar-refractivity contribution in [2.45, 2.75) is 6.92 Å². The second-order valence-electron chi connectivity index (χ2n) is 4.65. The quantitative estimate of drug-likeness (QED) is 0.737. The lowest BCUT2D eigenvalue weighted by Gasteiger charge is -2.06. The van der Waals surface area contributed by atoms with Crippen LogP contribution in [0, 0.1) is 5.82 Å². The van der Waals surface area contributed by atoms with Crippen LogP contribution < -0.4 is 4.74 Å². The molecule has 0 saturated heterocycles. The summed E-state index contributed by atoms with van der Waals surface area (Å²) in [6.45, 7) is 2.42. The molecule has 0 saturated carbocycles. The molecule has 4 heteroatoms. The third-order valence-corrected chi connectivity index (χ3v) is 3.32. The smallest absolute Gasteiger partial charge is 0.195 e. The van der Waals surface area contributed by atoms with Crippen molar-refractivity contribution in [3.8, 4) is 5.75 Å². The van der Waals surface area contributed by atoms with Crippen LogP contribution in [0.3, 0.4) is 0 Å². The molecular formula is C17H14FNO2. The van der Waals surface area contributed by atoms with Gasteiger partial charge >= 0.3 is 0 Å². The van der Waals surface area contributed by atoms with Gasteiger partial charge in [0, 0.05) is 17.3 Å². The Hall–Kier alpha value is -2.62. The molecule has 0 fully saturated rings. The molecule has 0 aliphatic rings. The highest BCUT2D eigenvalue weighted by Gasteiger charge is 2.17. The number of aromatic amines is 1. The second kappa shape index (κ2) is 5.40. The number of ether oxygens (including phenoxy) is 1. The van der Waals surface area contributed by atoms with Crippen molar-refractivity contribution in [2.75, 3.05) is 6.61 Å². The molecule has 2 aromatic carbocycles. The Kier molecular flexibility index (Phi) is 3.44. The Balaban J connectivity index is 2.11. The van der Waals surface area contributed by atoms with Crippen LogP contribution in [0.1, 0.15) is 22.8 Å². The summed E-state index contributed by atoms with van der Waals surface area (Å²) in [5.41, 5.74) is 1.82. The highest BCUT2D eigenvalue weighted by molar-refractivity contribution is 6.17.